The summed E-state index contributed by atoms with van der Waals surface area (Å²) in [6, 6.07) is 15.0. The van der Waals surface area contributed by atoms with Crippen molar-refractivity contribution >= 4 is 23.2 Å². The maximum atomic E-state index is 12.8. The van der Waals surface area contributed by atoms with Crippen LogP contribution in [0.4, 0.5) is 11.4 Å². The Balaban J connectivity index is 1.89. The summed E-state index contributed by atoms with van der Waals surface area (Å²) in [6.45, 7) is 7.10. The highest BCUT2D eigenvalue weighted by atomic mass is 16.2. The largest absolute Gasteiger partial charge is 0.326 e. The second-order valence-electron chi connectivity index (χ2n) is 6.46. The van der Waals surface area contributed by atoms with E-state index in [4.69, 9.17) is 0 Å². The van der Waals surface area contributed by atoms with Gasteiger partial charge in [-0.15, -0.1) is 0 Å². The summed E-state index contributed by atoms with van der Waals surface area (Å²) >= 11 is 0. The zero-order chi connectivity index (χ0) is 19.6. The van der Waals surface area contributed by atoms with Crippen LogP contribution in [-0.2, 0) is 4.79 Å². The van der Waals surface area contributed by atoms with Gasteiger partial charge in [-0.1, -0.05) is 24.3 Å². The van der Waals surface area contributed by atoms with Gasteiger partial charge in [-0.2, -0.15) is 5.10 Å². The van der Waals surface area contributed by atoms with Crippen molar-refractivity contribution in [2.45, 2.75) is 27.7 Å². The minimum atomic E-state index is -0.250. The van der Waals surface area contributed by atoms with Gasteiger partial charge in [-0.05, 0) is 50.6 Å². The van der Waals surface area contributed by atoms with Crippen LogP contribution in [0.5, 0.6) is 0 Å². The quantitative estimate of drug-likeness (QED) is 0.736. The molecule has 0 fully saturated rings. The van der Waals surface area contributed by atoms with Gasteiger partial charge in [0.05, 0.1) is 22.8 Å². The SMILES string of the molecule is CC(=O)Nc1cc(C(=O)Nc2c(C)nn(-c3ccccc3)c2C)ccc1C. The van der Waals surface area contributed by atoms with Crippen molar-refractivity contribution in [3.63, 3.8) is 0 Å². The van der Waals surface area contributed by atoms with E-state index in [9.17, 15) is 9.59 Å². The van der Waals surface area contributed by atoms with Gasteiger partial charge in [0.1, 0.15) is 0 Å². The monoisotopic (exact) mass is 362 g/mol. The van der Waals surface area contributed by atoms with Crippen LogP contribution in [-0.4, -0.2) is 21.6 Å². The van der Waals surface area contributed by atoms with Gasteiger partial charge in [-0.25, -0.2) is 4.68 Å². The molecular formula is C21H22N4O2. The van der Waals surface area contributed by atoms with Gasteiger partial charge in [0.15, 0.2) is 0 Å². The minimum absolute atomic E-state index is 0.175. The minimum Gasteiger partial charge on any atom is -0.326 e. The fourth-order valence-corrected chi connectivity index (χ4v) is 2.92. The highest BCUT2D eigenvalue weighted by Gasteiger charge is 2.17. The lowest BCUT2D eigenvalue weighted by Gasteiger charge is -2.10. The van der Waals surface area contributed by atoms with E-state index < -0.39 is 0 Å². The zero-order valence-electron chi connectivity index (χ0n) is 15.8. The second kappa shape index (κ2) is 7.45. The molecule has 0 unspecified atom stereocenters. The number of rotatable bonds is 4. The summed E-state index contributed by atoms with van der Waals surface area (Å²) in [5.74, 6) is -0.424. The third-order valence-corrected chi connectivity index (χ3v) is 4.34. The van der Waals surface area contributed by atoms with Gasteiger partial charge in [0.25, 0.3) is 5.91 Å². The molecular weight excluding hydrogens is 340 g/mol. The molecule has 3 rings (SSSR count). The summed E-state index contributed by atoms with van der Waals surface area (Å²) < 4.78 is 1.81. The van der Waals surface area contributed by atoms with Crippen molar-refractivity contribution in [2.24, 2.45) is 0 Å². The lowest BCUT2D eigenvalue weighted by Crippen LogP contribution is -2.14. The molecule has 0 saturated carbocycles. The molecule has 3 aromatic rings. The van der Waals surface area contributed by atoms with E-state index in [-0.39, 0.29) is 11.8 Å². The van der Waals surface area contributed by atoms with E-state index >= 15 is 0 Å². The van der Waals surface area contributed by atoms with Crippen molar-refractivity contribution in [2.75, 3.05) is 10.6 Å². The number of benzene rings is 2. The topological polar surface area (TPSA) is 76.0 Å². The maximum absolute atomic E-state index is 12.8. The lowest BCUT2D eigenvalue weighted by atomic mass is 10.1. The molecule has 0 radical (unpaired) electrons. The molecule has 1 heterocycles. The molecule has 0 bridgehead atoms. The van der Waals surface area contributed by atoms with E-state index in [2.05, 4.69) is 15.7 Å². The van der Waals surface area contributed by atoms with Gasteiger partial charge >= 0.3 is 0 Å². The van der Waals surface area contributed by atoms with Crippen LogP contribution >= 0.6 is 0 Å². The fourth-order valence-electron chi connectivity index (χ4n) is 2.92. The first-order valence-corrected chi connectivity index (χ1v) is 8.68. The number of aryl methyl sites for hydroxylation is 2. The third kappa shape index (κ3) is 3.89. The summed E-state index contributed by atoms with van der Waals surface area (Å²) in [5.41, 5.74) is 5.19. The first-order valence-electron chi connectivity index (χ1n) is 8.68. The Morgan fingerprint density at radius 3 is 2.33 bits per heavy atom. The average Bonchev–Trinajstić information content (AvgIpc) is 2.92. The Labute approximate surface area is 158 Å². The smallest absolute Gasteiger partial charge is 0.255 e. The van der Waals surface area contributed by atoms with Crippen LogP contribution < -0.4 is 10.6 Å². The van der Waals surface area contributed by atoms with E-state index in [0.717, 1.165) is 22.6 Å². The molecule has 2 aromatic carbocycles. The summed E-state index contributed by atoms with van der Waals surface area (Å²) in [5, 5.41) is 10.2. The first-order chi connectivity index (χ1) is 12.9. The maximum Gasteiger partial charge on any atom is 0.255 e. The van der Waals surface area contributed by atoms with Gasteiger partial charge < -0.3 is 10.6 Å². The standard InChI is InChI=1S/C21H22N4O2/c1-13-10-11-17(12-19(13)22-16(4)26)21(27)23-20-14(2)24-25(15(20)3)18-8-6-5-7-9-18/h5-12H,1-4H3,(H,22,26)(H,23,27). The zero-order valence-corrected chi connectivity index (χ0v) is 15.8. The highest BCUT2D eigenvalue weighted by molar-refractivity contribution is 6.06. The predicted octanol–water partition coefficient (Wildman–Crippen LogP) is 4.01. The van der Waals surface area contributed by atoms with Gasteiger partial charge in [0, 0.05) is 18.2 Å². The van der Waals surface area contributed by atoms with Gasteiger partial charge in [0.2, 0.25) is 5.91 Å². The number of amides is 2. The molecule has 0 atom stereocenters. The molecule has 0 aliphatic carbocycles. The van der Waals surface area contributed by atoms with Crippen LogP contribution in [0.25, 0.3) is 5.69 Å². The number of nitrogens with one attached hydrogen (secondary N) is 2. The molecule has 2 amide bonds. The molecule has 0 aliphatic rings. The predicted molar refractivity (Wildman–Crippen MR) is 106 cm³/mol. The normalized spacial score (nSPS) is 10.5. The highest BCUT2D eigenvalue weighted by Crippen LogP contribution is 2.24. The van der Waals surface area contributed by atoms with Crippen molar-refractivity contribution in [1.29, 1.82) is 0 Å². The number of aromatic nitrogens is 2. The molecule has 0 spiro atoms. The number of hydrogen-bond acceptors (Lipinski definition) is 3. The molecule has 0 saturated heterocycles. The van der Waals surface area contributed by atoms with E-state index in [0.29, 0.717) is 16.9 Å². The van der Waals surface area contributed by atoms with E-state index in [1.54, 1.807) is 12.1 Å². The van der Waals surface area contributed by atoms with Crippen molar-refractivity contribution in [1.82, 2.24) is 9.78 Å². The van der Waals surface area contributed by atoms with E-state index in [1.165, 1.54) is 6.92 Å². The van der Waals surface area contributed by atoms with Crippen LogP contribution in [0, 0.1) is 20.8 Å². The Kier molecular flexibility index (Phi) is 5.07. The third-order valence-electron chi connectivity index (χ3n) is 4.34. The fraction of sp³-hybridized carbons (Fsp3) is 0.190. The summed E-state index contributed by atoms with van der Waals surface area (Å²) in [6.07, 6.45) is 0. The van der Waals surface area contributed by atoms with Crippen LogP contribution in [0.1, 0.15) is 34.2 Å². The number of anilines is 2. The van der Waals surface area contributed by atoms with Crippen LogP contribution in [0.3, 0.4) is 0 Å². The molecule has 6 nitrogen and oxygen atoms in total. The molecule has 138 valence electrons. The van der Waals surface area contributed by atoms with Crippen molar-refractivity contribution in [3.8, 4) is 5.69 Å². The Hall–Kier alpha value is -3.41. The number of carbonyl (C=O) groups excluding carboxylic acids is 2. The molecule has 6 heteroatoms. The Bertz CT molecular complexity index is 1010. The second-order valence-corrected chi connectivity index (χ2v) is 6.46. The van der Waals surface area contributed by atoms with Crippen molar-refractivity contribution < 1.29 is 9.59 Å². The number of hydrogen-bond donors (Lipinski definition) is 2. The number of carbonyl (C=O) groups is 2. The number of nitrogens with zero attached hydrogens (tertiary/aromatic N) is 2. The average molecular weight is 362 g/mol. The van der Waals surface area contributed by atoms with E-state index in [1.807, 2.05) is 61.9 Å². The Morgan fingerprint density at radius 1 is 0.963 bits per heavy atom. The first kappa shape index (κ1) is 18.4. The number of para-hydroxylation sites is 1. The molecule has 2 N–H and O–H groups in total. The van der Waals surface area contributed by atoms with Crippen LogP contribution in [0.2, 0.25) is 0 Å². The summed E-state index contributed by atoms with van der Waals surface area (Å²) in [4.78, 5) is 24.1. The molecule has 1 aromatic heterocycles. The summed E-state index contributed by atoms with van der Waals surface area (Å²) in [7, 11) is 0. The van der Waals surface area contributed by atoms with Gasteiger partial charge in [-0.3, -0.25) is 9.59 Å². The Morgan fingerprint density at radius 2 is 1.67 bits per heavy atom. The lowest BCUT2D eigenvalue weighted by molar-refractivity contribution is -0.114. The van der Waals surface area contributed by atoms with Crippen LogP contribution in [0.15, 0.2) is 48.5 Å². The molecule has 27 heavy (non-hydrogen) atoms. The molecule has 0 aliphatic heterocycles. The van der Waals surface area contributed by atoms with Crippen molar-refractivity contribution in [3.05, 3.63) is 71.0 Å².